The summed E-state index contributed by atoms with van der Waals surface area (Å²) in [4.78, 5) is 46.5. The summed E-state index contributed by atoms with van der Waals surface area (Å²) in [7, 11) is 1.74. The van der Waals surface area contributed by atoms with Crippen LogP contribution in [0.1, 0.15) is 33.1 Å². The third-order valence-corrected chi connectivity index (χ3v) is 10.3. The zero-order valence-electron chi connectivity index (χ0n) is 19.8. The van der Waals surface area contributed by atoms with Crippen molar-refractivity contribution in [3.63, 3.8) is 0 Å². The molecule has 1 spiro atoms. The van der Waals surface area contributed by atoms with E-state index in [-0.39, 0.29) is 40.4 Å². The molecule has 184 valence electrons. The second kappa shape index (κ2) is 10.5. The maximum atomic E-state index is 14.0. The third-order valence-electron chi connectivity index (χ3n) is 7.13. The highest BCUT2D eigenvalue weighted by Gasteiger charge is 2.75. The summed E-state index contributed by atoms with van der Waals surface area (Å²) in [6, 6.07) is -0.673. The highest BCUT2D eigenvalue weighted by molar-refractivity contribution is 9.09. The average molecular weight is 543 g/mol. The van der Waals surface area contributed by atoms with Crippen LogP contribution in [0.3, 0.4) is 0 Å². The smallest absolute Gasteiger partial charge is 0.247 e. The molecule has 33 heavy (non-hydrogen) atoms. The molecule has 3 aliphatic rings. The van der Waals surface area contributed by atoms with Crippen molar-refractivity contribution < 1.29 is 19.5 Å². The summed E-state index contributed by atoms with van der Waals surface area (Å²) >= 11 is 5.44. The largest absolute Gasteiger partial charge is 0.396 e. The number of carbonyl (C=O) groups is 3. The van der Waals surface area contributed by atoms with Crippen LogP contribution in [0.2, 0.25) is 0 Å². The highest BCUT2D eigenvalue weighted by atomic mass is 79.9. The van der Waals surface area contributed by atoms with Gasteiger partial charge < -0.3 is 19.8 Å². The van der Waals surface area contributed by atoms with E-state index in [0.29, 0.717) is 38.9 Å². The Labute approximate surface area is 209 Å². The Kier molecular flexibility index (Phi) is 8.38. The van der Waals surface area contributed by atoms with Crippen LogP contribution in [0.15, 0.2) is 25.3 Å². The number of nitrogens with zero attached hydrogens (tertiary/aromatic N) is 3. The van der Waals surface area contributed by atoms with Gasteiger partial charge in [0.1, 0.15) is 6.04 Å². The molecule has 0 aromatic heterocycles. The summed E-state index contributed by atoms with van der Waals surface area (Å²) in [6.07, 6.45) is 5.23. The van der Waals surface area contributed by atoms with Gasteiger partial charge in [-0.3, -0.25) is 14.4 Å². The fraction of sp³-hybridized carbons (Fsp3) is 0.708. The van der Waals surface area contributed by atoms with Gasteiger partial charge in [0.05, 0.1) is 16.6 Å². The summed E-state index contributed by atoms with van der Waals surface area (Å²) in [5.74, 6) is -1.25. The molecule has 3 amide bonds. The first-order valence-electron chi connectivity index (χ1n) is 11.7. The van der Waals surface area contributed by atoms with Crippen LogP contribution in [0.25, 0.3) is 0 Å². The van der Waals surface area contributed by atoms with Crippen molar-refractivity contribution in [1.82, 2.24) is 14.7 Å². The predicted molar refractivity (Wildman–Crippen MR) is 135 cm³/mol. The highest BCUT2D eigenvalue weighted by Crippen LogP contribution is 2.68. The lowest BCUT2D eigenvalue weighted by molar-refractivity contribution is -0.144. The standard InChI is InChI=1S/C24H36BrN3O4S/c1-6-10-26(5)21(30)17-18-22(31)28(12-8-9-13-29)20(23(32)27(11-7-2)15(3)4)24(18)14-16(25)19(17)33-24/h6-7,15-20,29H,1-2,8-14H2,3-5H3/t16?,17-,18-,19-,20?,24?/m0/s1. The van der Waals surface area contributed by atoms with Crippen molar-refractivity contribution in [2.24, 2.45) is 11.8 Å². The molecule has 7 nitrogen and oxygen atoms in total. The van der Waals surface area contributed by atoms with Gasteiger partial charge in [0, 0.05) is 49.4 Å². The van der Waals surface area contributed by atoms with Crippen molar-refractivity contribution in [2.45, 2.75) is 60.0 Å². The van der Waals surface area contributed by atoms with Crippen LogP contribution in [-0.2, 0) is 14.4 Å². The Bertz CT molecular complexity index is 809. The zero-order chi connectivity index (χ0) is 24.5. The number of likely N-dealkylation sites (tertiary alicyclic amines) is 1. The SMILES string of the molecule is C=CCN(C)C(=O)[C@H]1[C@H]2C(=O)N(CCCCO)C(C(=O)N(CC=C)C(C)C)C23CC(Br)[C@@H]1S3. The molecule has 6 atom stereocenters. The Hall–Kier alpha value is -1.32. The van der Waals surface area contributed by atoms with E-state index in [9.17, 15) is 19.5 Å². The maximum absolute atomic E-state index is 14.0. The molecule has 1 N–H and O–H groups in total. The van der Waals surface area contributed by atoms with Crippen LogP contribution < -0.4 is 0 Å². The number of thioether (sulfide) groups is 1. The molecule has 3 fully saturated rings. The van der Waals surface area contributed by atoms with E-state index >= 15 is 0 Å². The topological polar surface area (TPSA) is 81.2 Å². The van der Waals surface area contributed by atoms with Crippen molar-refractivity contribution in [3.8, 4) is 0 Å². The number of alkyl halides is 1. The van der Waals surface area contributed by atoms with Crippen LogP contribution in [0.5, 0.6) is 0 Å². The minimum Gasteiger partial charge on any atom is -0.396 e. The number of aliphatic hydroxyl groups is 1. The molecular weight excluding hydrogens is 506 g/mol. The first-order chi connectivity index (χ1) is 15.7. The molecule has 3 aliphatic heterocycles. The Morgan fingerprint density at radius 1 is 1.27 bits per heavy atom. The Morgan fingerprint density at radius 2 is 1.94 bits per heavy atom. The lowest BCUT2D eigenvalue weighted by atomic mass is 9.70. The molecule has 0 aromatic rings. The molecule has 0 saturated carbocycles. The number of rotatable bonds is 11. The van der Waals surface area contributed by atoms with Crippen molar-refractivity contribution in [3.05, 3.63) is 25.3 Å². The van der Waals surface area contributed by atoms with Gasteiger partial charge in [0.2, 0.25) is 17.7 Å². The van der Waals surface area contributed by atoms with E-state index < -0.39 is 22.6 Å². The Balaban J connectivity index is 2.05. The van der Waals surface area contributed by atoms with Crippen molar-refractivity contribution in [2.75, 3.05) is 33.3 Å². The molecule has 0 aliphatic carbocycles. The average Bonchev–Trinajstić information content (AvgIpc) is 3.35. The second-order valence-electron chi connectivity index (χ2n) is 9.51. The van der Waals surface area contributed by atoms with E-state index in [0.717, 1.165) is 0 Å². The van der Waals surface area contributed by atoms with Gasteiger partial charge in [-0.25, -0.2) is 0 Å². The summed E-state index contributed by atoms with van der Waals surface area (Å²) < 4.78 is -0.643. The third kappa shape index (κ3) is 4.41. The number of hydrogen-bond acceptors (Lipinski definition) is 5. The van der Waals surface area contributed by atoms with Gasteiger partial charge in [-0.15, -0.1) is 24.9 Å². The molecule has 0 aromatic carbocycles. The monoisotopic (exact) mass is 541 g/mol. The summed E-state index contributed by atoms with van der Waals surface area (Å²) in [6.45, 7) is 12.7. The number of likely N-dealkylation sites (N-methyl/N-ethyl adjacent to an activating group) is 1. The van der Waals surface area contributed by atoms with E-state index in [1.54, 1.807) is 45.7 Å². The normalized spacial score (nSPS) is 32.2. The number of fused-ring (bicyclic) bond motifs is 1. The first-order valence-corrected chi connectivity index (χ1v) is 13.5. The van der Waals surface area contributed by atoms with Gasteiger partial charge >= 0.3 is 0 Å². The fourth-order valence-corrected chi connectivity index (χ4v) is 9.32. The number of aliphatic hydroxyl groups excluding tert-OH is 1. The minimum atomic E-state index is -0.643. The van der Waals surface area contributed by atoms with Crippen molar-refractivity contribution in [1.29, 1.82) is 0 Å². The van der Waals surface area contributed by atoms with Gasteiger partial charge in [-0.2, -0.15) is 0 Å². The lowest BCUT2D eigenvalue weighted by Gasteiger charge is -2.39. The fourth-order valence-electron chi connectivity index (χ4n) is 5.72. The van der Waals surface area contributed by atoms with Crippen LogP contribution in [0, 0.1) is 11.8 Å². The lowest BCUT2D eigenvalue weighted by Crippen LogP contribution is -2.57. The first kappa shape index (κ1) is 26.3. The van der Waals surface area contributed by atoms with Gasteiger partial charge in [0.15, 0.2) is 0 Å². The zero-order valence-corrected chi connectivity index (χ0v) is 22.2. The minimum absolute atomic E-state index is 0.0392. The van der Waals surface area contributed by atoms with E-state index in [4.69, 9.17) is 0 Å². The molecule has 3 heterocycles. The number of hydrogen-bond donors (Lipinski definition) is 1. The molecule has 3 rings (SSSR count). The van der Waals surface area contributed by atoms with Crippen LogP contribution >= 0.6 is 27.7 Å². The number of carbonyl (C=O) groups excluding carboxylic acids is 3. The van der Waals surface area contributed by atoms with Crippen molar-refractivity contribution >= 4 is 45.4 Å². The number of amides is 3. The maximum Gasteiger partial charge on any atom is 0.247 e. The number of unbranched alkanes of at least 4 members (excludes halogenated alkanes) is 1. The molecule has 2 bridgehead atoms. The number of halogens is 1. The summed E-state index contributed by atoms with van der Waals surface area (Å²) in [5.41, 5.74) is 0. The summed E-state index contributed by atoms with van der Waals surface area (Å²) in [5, 5.41) is 9.22. The Morgan fingerprint density at radius 3 is 2.52 bits per heavy atom. The van der Waals surface area contributed by atoms with E-state index in [1.165, 1.54) is 0 Å². The van der Waals surface area contributed by atoms with Gasteiger partial charge in [0.25, 0.3) is 0 Å². The molecule has 0 radical (unpaired) electrons. The molecule has 3 unspecified atom stereocenters. The van der Waals surface area contributed by atoms with Gasteiger partial charge in [-0.05, 0) is 33.1 Å². The molecule has 3 saturated heterocycles. The quantitative estimate of drug-likeness (QED) is 0.246. The van der Waals surface area contributed by atoms with E-state index in [1.807, 2.05) is 13.8 Å². The second-order valence-corrected chi connectivity index (χ2v) is 12.2. The van der Waals surface area contributed by atoms with Crippen LogP contribution in [-0.4, -0.2) is 97.7 Å². The predicted octanol–water partition coefficient (Wildman–Crippen LogP) is 2.29. The van der Waals surface area contributed by atoms with Gasteiger partial charge in [-0.1, -0.05) is 28.1 Å². The molecular formula is C24H36BrN3O4S. The van der Waals surface area contributed by atoms with E-state index in [2.05, 4.69) is 29.1 Å². The van der Waals surface area contributed by atoms with Crippen LogP contribution in [0.4, 0.5) is 0 Å². The molecule has 9 heteroatoms.